The van der Waals surface area contributed by atoms with E-state index in [2.05, 4.69) is 11.1 Å². The van der Waals surface area contributed by atoms with Crippen LogP contribution in [0.2, 0.25) is 0 Å². The van der Waals surface area contributed by atoms with Crippen molar-refractivity contribution in [1.82, 2.24) is 4.98 Å². The first-order valence-corrected chi connectivity index (χ1v) is 5.66. The molecule has 0 spiro atoms. The van der Waals surface area contributed by atoms with Crippen molar-refractivity contribution in [3.63, 3.8) is 0 Å². The van der Waals surface area contributed by atoms with Gasteiger partial charge in [-0.3, -0.25) is 4.98 Å². The van der Waals surface area contributed by atoms with Gasteiger partial charge in [-0.05, 0) is 13.0 Å². The van der Waals surface area contributed by atoms with E-state index in [1.165, 1.54) is 14.2 Å². The molecule has 1 aromatic carbocycles. The molecule has 0 saturated heterocycles. The quantitative estimate of drug-likeness (QED) is 0.846. The van der Waals surface area contributed by atoms with Crippen molar-refractivity contribution < 1.29 is 14.2 Å². The molecule has 5 heteroatoms. The minimum Gasteiger partial charge on any atom is -0.493 e. The van der Waals surface area contributed by atoms with Gasteiger partial charge >= 0.3 is 0 Å². The van der Waals surface area contributed by atoms with Crippen molar-refractivity contribution in [3.8, 4) is 23.3 Å². The lowest BCUT2D eigenvalue weighted by molar-refractivity contribution is 0.327. The molecule has 0 saturated carbocycles. The van der Waals surface area contributed by atoms with Gasteiger partial charge in [0.1, 0.15) is 6.07 Å². The first-order valence-electron chi connectivity index (χ1n) is 5.66. The molecule has 5 nitrogen and oxygen atoms in total. The molecule has 0 bridgehead atoms. The molecule has 0 atom stereocenters. The van der Waals surface area contributed by atoms with Gasteiger partial charge in [-0.25, -0.2) is 0 Å². The monoisotopic (exact) mass is 258 g/mol. The molecule has 2 rings (SSSR count). The van der Waals surface area contributed by atoms with Crippen LogP contribution in [-0.4, -0.2) is 26.3 Å². The maximum Gasteiger partial charge on any atom is 0.204 e. The van der Waals surface area contributed by atoms with Crippen molar-refractivity contribution in [1.29, 1.82) is 5.26 Å². The Labute approximate surface area is 111 Å². The normalized spacial score (nSPS) is 10.1. The maximum absolute atomic E-state index is 9.26. The third-order valence-electron chi connectivity index (χ3n) is 2.85. The molecule has 2 aromatic rings. The molecule has 98 valence electrons. The number of nitriles is 1. The molecule has 0 radical (unpaired) electrons. The third-order valence-corrected chi connectivity index (χ3v) is 2.85. The largest absolute Gasteiger partial charge is 0.493 e. The van der Waals surface area contributed by atoms with Crippen LogP contribution < -0.4 is 14.2 Å². The maximum atomic E-state index is 9.26. The molecule has 0 aliphatic rings. The Morgan fingerprint density at radius 1 is 1.05 bits per heavy atom. The number of hydrogen-bond donors (Lipinski definition) is 0. The molecule has 1 aromatic heterocycles. The molecule has 0 N–H and O–H groups in total. The molecule has 1 heterocycles. The first kappa shape index (κ1) is 13.0. The van der Waals surface area contributed by atoms with Gasteiger partial charge < -0.3 is 14.2 Å². The summed E-state index contributed by atoms with van der Waals surface area (Å²) < 4.78 is 16.0. The number of hydrogen-bond acceptors (Lipinski definition) is 5. The second kappa shape index (κ2) is 5.02. The highest BCUT2D eigenvalue weighted by molar-refractivity contribution is 5.95. The van der Waals surface area contributed by atoms with Crippen LogP contribution in [0.15, 0.2) is 12.1 Å². The molecule has 19 heavy (non-hydrogen) atoms. The van der Waals surface area contributed by atoms with Gasteiger partial charge in [0.2, 0.25) is 5.75 Å². The topological polar surface area (TPSA) is 64.4 Å². The van der Waals surface area contributed by atoms with Crippen molar-refractivity contribution in [2.75, 3.05) is 21.3 Å². The summed E-state index contributed by atoms with van der Waals surface area (Å²) in [6.45, 7) is 1.84. The number of rotatable bonds is 3. The Kier molecular flexibility index (Phi) is 3.43. The Morgan fingerprint density at radius 2 is 1.74 bits per heavy atom. The van der Waals surface area contributed by atoms with E-state index in [0.29, 0.717) is 33.7 Å². The van der Waals surface area contributed by atoms with E-state index >= 15 is 0 Å². The van der Waals surface area contributed by atoms with E-state index in [-0.39, 0.29) is 0 Å². The van der Waals surface area contributed by atoms with Gasteiger partial charge in [0, 0.05) is 11.8 Å². The van der Waals surface area contributed by atoms with Crippen molar-refractivity contribution in [3.05, 3.63) is 23.4 Å². The molecular formula is C14H14N2O3. The van der Waals surface area contributed by atoms with Crippen LogP contribution in [0.3, 0.4) is 0 Å². The SMILES string of the molecule is COc1cc2nc(C)cc(C#N)c2c(OC)c1OC. The number of pyridine rings is 1. The summed E-state index contributed by atoms with van der Waals surface area (Å²) in [5.41, 5.74) is 1.91. The second-order valence-corrected chi connectivity index (χ2v) is 3.96. The second-order valence-electron chi connectivity index (χ2n) is 3.96. The molecule has 0 unspecified atom stereocenters. The van der Waals surface area contributed by atoms with Gasteiger partial charge in [0.15, 0.2) is 11.5 Å². The molecule has 0 aliphatic carbocycles. The van der Waals surface area contributed by atoms with Crippen LogP contribution in [0.4, 0.5) is 0 Å². The predicted octanol–water partition coefficient (Wildman–Crippen LogP) is 2.44. The van der Waals surface area contributed by atoms with Crippen molar-refractivity contribution in [2.24, 2.45) is 0 Å². The van der Waals surface area contributed by atoms with Crippen LogP contribution in [0, 0.1) is 18.3 Å². The summed E-state index contributed by atoms with van der Waals surface area (Å²) in [5.74, 6) is 1.44. The summed E-state index contributed by atoms with van der Waals surface area (Å²) in [6.07, 6.45) is 0. The van der Waals surface area contributed by atoms with Crippen LogP contribution in [0.5, 0.6) is 17.2 Å². The minimum absolute atomic E-state index is 0.458. The zero-order valence-corrected chi connectivity index (χ0v) is 11.3. The van der Waals surface area contributed by atoms with Crippen LogP contribution in [0.25, 0.3) is 10.9 Å². The molecule has 0 fully saturated rings. The first-order chi connectivity index (χ1) is 9.15. The van der Waals surface area contributed by atoms with Crippen molar-refractivity contribution in [2.45, 2.75) is 6.92 Å². The van der Waals surface area contributed by atoms with Crippen LogP contribution in [0.1, 0.15) is 11.3 Å². The predicted molar refractivity (Wildman–Crippen MR) is 70.9 cm³/mol. The van der Waals surface area contributed by atoms with E-state index in [1.807, 2.05) is 6.92 Å². The van der Waals surface area contributed by atoms with Gasteiger partial charge in [0.05, 0.1) is 37.8 Å². The Morgan fingerprint density at radius 3 is 2.26 bits per heavy atom. The average molecular weight is 258 g/mol. The van der Waals surface area contributed by atoms with Gasteiger partial charge in [-0.15, -0.1) is 0 Å². The number of fused-ring (bicyclic) bond motifs is 1. The number of aromatic nitrogens is 1. The van der Waals surface area contributed by atoms with Gasteiger partial charge in [-0.2, -0.15) is 5.26 Å². The fourth-order valence-electron chi connectivity index (χ4n) is 2.08. The van der Waals surface area contributed by atoms with Crippen LogP contribution >= 0.6 is 0 Å². The average Bonchev–Trinajstić information content (AvgIpc) is 2.43. The highest BCUT2D eigenvalue weighted by atomic mass is 16.5. The minimum atomic E-state index is 0.458. The zero-order chi connectivity index (χ0) is 14.0. The summed E-state index contributed by atoms with van der Waals surface area (Å²) in [7, 11) is 4.60. The highest BCUT2D eigenvalue weighted by Crippen LogP contribution is 2.43. The van der Waals surface area contributed by atoms with E-state index in [1.54, 1.807) is 19.2 Å². The molecular weight excluding hydrogens is 244 g/mol. The summed E-state index contributed by atoms with van der Waals surface area (Å²) >= 11 is 0. The lowest BCUT2D eigenvalue weighted by Crippen LogP contribution is -1.99. The fraction of sp³-hybridized carbons (Fsp3) is 0.286. The Hall–Kier alpha value is -2.48. The lowest BCUT2D eigenvalue weighted by Gasteiger charge is -2.15. The Bertz CT molecular complexity index is 675. The Balaban J connectivity index is 2.98. The fourth-order valence-corrected chi connectivity index (χ4v) is 2.08. The van der Waals surface area contributed by atoms with E-state index in [9.17, 15) is 5.26 Å². The number of methoxy groups -OCH3 is 3. The van der Waals surface area contributed by atoms with E-state index in [0.717, 1.165) is 5.69 Å². The highest BCUT2D eigenvalue weighted by Gasteiger charge is 2.19. The lowest BCUT2D eigenvalue weighted by atomic mass is 10.1. The summed E-state index contributed by atoms with van der Waals surface area (Å²) in [4.78, 5) is 4.41. The summed E-state index contributed by atoms with van der Waals surface area (Å²) in [5, 5.41) is 9.90. The standard InChI is InChI=1S/C14H14N2O3/c1-8-5-9(7-15)12-10(16-8)6-11(17-2)13(18-3)14(12)19-4/h5-6H,1-4H3. The number of aryl methyl sites for hydroxylation is 1. The number of ether oxygens (including phenoxy) is 3. The molecule has 0 amide bonds. The van der Waals surface area contributed by atoms with E-state index < -0.39 is 0 Å². The third kappa shape index (κ3) is 2.02. The van der Waals surface area contributed by atoms with Gasteiger partial charge in [-0.1, -0.05) is 0 Å². The van der Waals surface area contributed by atoms with Crippen LogP contribution in [-0.2, 0) is 0 Å². The van der Waals surface area contributed by atoms with E-state index in [4.69, 9.17) is 14.2 Å². The van der Waals surface area contributed by atoms with Gasteiger partial charge in [0.25, 0.3) is 0 Å². The number of benzene rings is 1. The smallest absolute Gasteiger partial charge is 0.204 e. The molecule has 0 aliphatic heterocycles. The number of nitrogens with zero attached hydrogens (tertiary/aromatic N) is 2. The summed E-state index contributed by atoms with van der Waals surface area (Å²) in [6, 6.07) is 5.62. The van der Waals surface area contributed by atoms with Crippen molar-refractivity contribution >= 4 is 10.9 Å². The zero-order valence-electron chi connectivity index (χ0n) is 11.3.